The lowest BCUT2D eigenvalue weighted by Gasteiger charge is -2.27. The molecule has 2 N–H and O–H groups in total. The Hall–Kier alpha value is -1.31. The van der Waals surface area contributed by atoms with Gasteiger partial charge in [-0.2, -0.15) is 13.2 Å². The Morgan fingerprint density at radius 1 is 1.25 bits per heavy atom. The number of amides is 2. The van der Waals surface area contributed by atoms with Crippen molar-refractivity contribution in [3.05, 3.63) is 0 Å². The van der Waals surface area contributed by atoms with Gasteiger partial charge in [-0.1, -0.05) is 0 Å². The standard InChI is InChI=1S/C12H20F3N3O2/c1-17(2)10(19)6-18(7-12(13,14)15)11(20)8-3-4-9(16)5-8/h8-9H,3-7,16H2,1-2H3. The van der Waals surface area contributed by atoms with E-state index in [9.17, 15) is 22.8 Å². The van der Waals surface area contributed by atoms with Gasteiger partial charge in [0.15, 0.2) is 0 Å². The summed E-state index contributed by atoms with van der Waals surface area (Å²) in [4.78, 5) is 25.4. The maximum atomic E-state index is 12.5. The van der Waals surface area contributed by atoms with Crippen LogP contribution >= 0.6 is 0 Å². The second-order valence-electron chi connectivity index (χ2n) is 5.37. The fraction of sp³-hybridized carbons (Fsp3) is 0.833. The van der Waals surface area contributed by atoms with Crippen LogP contribution in [0.5, 0.6) is 0 Å². The summed E-state index contributed by atoms with van der Waals surface area (Å²) in [7, 11) is 2.87. The van der Waals surface area contributed by atoms with E-state index in [1.54, 1.807) is 0 Å². The van der Waals surface area contributed by atoms with Crippen LogP contribution in [-0.4, -0.2) is 61.0 Å². The van der Waals surface area contributed by atoms with Gasteiger partial charge in [0.05, 0.1) is 0 Å². The largest absolute Gasteiger partial charge is 0.406 e. The number of nitrogens with zero attached hydrogens (tertiary/aromatic N) is 2. The van der Waals surface area contributed by atoms with Gasteiger partial charge in [0.1, 0.15) is 13.1 Å². The highest BCUT2D eigenvalue weighted by Gasteiger charge is 2.38. The van der Waals surface area contributed by atoms with Crippen LogP contribution in [0.2, 0.25) is 0 Å². The highest BCUT2D eigenvalue weighted by atomic mass is 19.4. The molecule has 0 aliphatic heterocycles. The number of rotatable bonds is 4. The van der Waals surface area contributed by atoms with Gasteiger partial charge in [0, 0.05) is 26.1 Å². The molecule has 2 unspecified atom stereocenters. The minimum atomic E-state index is -4.52. The third-order valence-electron chi connectivity index (χ3n) is 3.33. The Morgan fingerprint density at radius 2 is 1.85 bits per heavy atom. The number of halogens is 3. The van der Waals surface area contributed by atoms with E-state index in [-0.39, 0.29) is 6.04 Å². The molecule has 116 valence electrons. The van der Waals surface area contributed by atoms with Crippen molar-refractivity contribution in [2.24, 2.45) is 11.7 Å². The minimum absolute atomic E-state index is 0.152. The molecule has 20 heavy (non-hydrogen) atoms. The van der Waals surface area contributed by atoms with Gasteiger partial charge in [0.2, 0.25) is 11.8 Å². The average Bonchev–Trinajstić information content (AvgIpc) is 2.72. The fourth-order valence-corrected chi connectivity index (χ4v) is 2.23. The van der Waals surface area contributed by atoms with Crippen molar-refractivity contribution in [1.29, 1.82) is 0 Å². The number of carbonyl (C=O) groups is 2. The number of nitrogens with two attached hydrogens (primary N) is 1. The molecule has 1 aliphatic rings. The SMILES string of the molecule is CN(C)C(=O)CN(CC(F)(F)F)C(=O)C1CCC(N)C1. The van der Waals surface area contributed by atoms with Crippen molar-refractivity contribution in [2.75, 3.05) is 27.2 Å². The van der Waals surface area contributed by atoms with Crippen molar-refractivity contribution >= 4 is 11.8 Å². The summed E-state index contributed by atoms with van der Waals surface area (Å²) in [6.45, 7) is -1.96. The van der Waals surface area contributed by atoms with Crippen LogP contribution in [0.4, 0.5) is 13.2 Å². The number of hydrogen-bond acceptors (Lipinski definition) is 3. The number of carbonyl (C=O) groups excluding carboxylic acids is 2. The van der Waals surface area contributed by atoms with Crippen LogP contribution in [0.1, 0.15) is 19.3 Å². The van der Waals surface area contributed by atoms with E-state index in [0.29, 0.717) is 24.2 Å². The third-order valence-corrected chi connectivity index (χ3v) is 3.33. The molecule has 1 rings (SSSR count). The molecule has 1 fully saturated rings. The van der Waals surface area contributed by atoms with E-state index in [1.807, 2.05) is 0 Å². The summed E-state index contributed by atoms with van der Waals surface area (Å²) in [5, 5.41) is 0. The number of alkyl halides is 3. The molecule has 8 heteroatoms. The Kier molecular flexibility index (Phi) is 5.38. The molecule has 0 radical (unpaired) electrons. The van der Waals surface area contributed by atoms with Crippen LogP contribution in [0.25, 0.3) is 0 Å². The first-order valence-electron chi connectivity index (χ1n) is 6.41. The van der Waals surface area contributed by atoms with Gasteiger partial charge < -0.3 is 15.5 Å². The second-order valence-corrected chi connectivity index (χ2v) is 5.37. The lowest BCUT2D eigenvalue weighted by atomic mass is 10.1. The molecule has 2 atom stereocenters. The predicted octanol–water partition coefficient (Wildman–Crippen LogP) is 0.593. The lowest BCUT2D eigenvalue weighted by molar-refractivity contribution is -0.166. The van der Waals surface area contributed by atoms with Crippen LogP contribution in [-0.2, 0) is 9.59 Å². The molecular weight excluding hydrogens is 275 g/mol. The first kappa shape index (κ1) is 16.7. The van der Waals surface area contributed by atoms with E-state index in [4.69, 9.17) is 5.73 Å². The van der Waals surface area contributed by atoms with Crippen molar-refractivity contribution in [3.8, 4) is 0 Å². The lowest BCUT2D eigenvalue weighted by Crippen LogP contribution is -2.46. The zero-order valence-electron chi connectivity index (χ0n) is 11.6. The molecule has 0 saturated heterocycles. The topological polar surface area (TPSA) is 66.6 Å². The maximum absolute atomic E-state index is 12.5. The van der Waals surface area contributed by atoms with Gasteiger partial charge in [-0.05, 0) is 19.3 Å². The van der Waals surface area contributed by atoms with E-state index in [2.05, 4.69) is 0 Å². The Balaban J connectivity index is 2.75. The summed E-state index contributed by atoms with van der Waals surface area (Å²) in [6, 6.07) is -0.152. The zero-order chi connectivity index (χ0) is 15.5. The average molecular weight is 295 g/mol. The predicted molar refractivity (Wildman–Crippen MR) is 66.6 cm³/mol. The normalized spacial score (nSPS) is 22.7. The molecule has 5 nitrogen and oxygen atoms in total. The molecule has 2 amide bonds. The van der Waals surface area contributed by atoms with Gasteiger partial charge in [-0.15, -0.1) is 0 Å². The smallest absolute Gasteiger partial charge is 0.347 e. The summed E-state index contributed by atoms with van der Waals surface area (Å²) in [5.41, 5.74) is 5.67. The van der Waals surface area contributed by atoms with Crippen LogP contribution in [0, 0.1) is 5.92 Å². The van der Waals surface area contributed by atoms with E-state index in [0.717, 1.165) is 4.90 Å². The van der Waals surface area contributed by atoms with E-state index >= 15 is 0 Å². The first-order valence-corrected chi connectivity index (χ1v) is 6.41. The quantitative estimate of drug-likeness (QED) is 0.825. The first-order chi connectivity index (χ1) is 9.10. The van der Waals surface area contributed by atoms with Crippen molar-refractivity contribution in [2.45, 2.75) is 31.5 Å². The molecule has 1 saturated carbocycles. The maximum Gasteiger partial charge on any atom is 0.406 e. The molecule has 0 aromatic heterocycles. The number of hydrogen-bond donors (Lipinski definition) is 1. The Bertz CT molecular complexity index is 371. The number of likely N-dealkylation sites (N-methyl/N-ethyl adjacent to an activating group) is 1. The van der Waals surface area contributed by atoms with Crippen molar-refractivity contribution < 1.29 is 22.8 Å². The molecule has 0 heterocycles. The summed E-state index contributed by atoms with van der Waals surface area (Å²) in [6.07, 6.45) is -3.05. The third kappa shape index (κ3) is 4.99. The summed E-state index contributed by atoms with van der Waals surface area (Å²) in [5.74, 6) is -1.68. The molecule has 0 aromatic rings. The molecule has 1 aliphatic carbocycles. The van der Waals surface area contributed by atoms with Gasteiger partial charge in [-0.25, -0.2) is 0 Å². The molecule has 0 aromatic carbocycles. The van der Waals surface area contributed by atoms with Crippen LogP contribution in [0.3, 0.4) is 0 Å². The summed E-state index contributed by atoms with van der Waals surface area (Å²) >= 11 is 0. The van der Waals surface area contributed by atoms with E-state index in [1.165, 1.54) is 14.1 Å². The summed E-state index contributed by atoms with van der Waals surface area (Å²) < 4.78 is 37.6. The van der Waals surface area contributed by atoms with Crippen molar-refractivity contribution in [1.82, 2.24) is 9.80 Å². The van der Waals surface area contributed by atoms with Crippen LogP contribution < -0.4 is 5.73 Å². The second kappa shape index (κ2) is 6.43. The zero-order valence-corrected chi connectivity index (χ0v) is 11.6. The minimum Gasteiger partial charge on any atom is -0.347 e. The van der Waals surface area contributed by atoms with Gasteiger partial charge >= 0.3 is 6.18 Å². The molecular formula is C12H20F3N3O2. The highest BCUT2D eigenvalue weighted by Crippen LogP contribution is 2.27. The Morgan fingerprint density at radius 3 is 2.25 bits per heavy atom. The highest BCUT2D eigenvalue weighted by molar-refractivity contribution is 5.86. The molecule has 0 bridgehead atoms. The Labute approximate surface area is 115 Å². The van der Waals surface area contributed by atoms with Crippen LogP contribution in [0.15, 0.2) is 0 Å². The van der Waals surface area contributed by atoms with Gasteiger partial charge in [-0.3, -0.25) is 9.59 Å². The molecule has 0 spiro atoms. The van der Waals surface area contributed by atoms with Crippen molar-refractivity contribution in [3.63, 3.8) is 0 Å². The van der Waals surface area contributed by atoms with E-state index < -0.39 is 37.0 Å². The van der Waals surface area contributed by atoms with Gasteiger partial charge in [0.25, 0.3) is 0 Å². The monoisotopic (exact) mass is 295 g/mol. The fourth-order valence-electron chi connectivity index (χ4n) is 2.23.